The highest BCUT2D eigenvalue weighted by Crippen LogP contribution is 2.29. The summed E-state index contributed by atoms with van der Waals surface area (Å²) in [5, 5.41) is 2.99. The molecule has 6 nitrogen and oxygen atoms in total. The SMILES string of the molecule is CC#CC(=O)N1CCC(c2nc(C)ncc2C(=O)NCCc2ccccc2)CC1. The van der Waals surface area contributed by atoms with Gasteiger partial charge in [0, 0.05) is 31.7 Å². The van der Waals surface area contributed by atoms with Crippen LogP contribution in [0.5, 0.6) is 0 Å². The molecule has 0 aliphatic carbocycles. The highest BCUT2D eigenvalue weighted by molar-refractivity contribution is 5.95. The lowest BCUT2D eigenvalue weighted by Crippen LogP contribution is -2.38. The lowest BCUT2D eigenvalue weighted by Gasteiger charge is -2.31. The van der Waals surface area contributed by atoms with Gasteiger partial charge in [0.15, 0.2) is 0 Å². The van der Waals surface area contributed by atoms with E-state index >= 15 is 0 Å². The summed E-state index contributed by atoms with van der Waals surface area (Å²) in [5.41, 5.74) is 2.49. The summed E-state index contributed by atoms with van der Waals surface area (Å²) < 4.78 is 0. The van der Waals surface area contributed by atoms with Gasteiger partial charge in [0.05, 0.1) is 11.3 Å². The number of hydrogen-bond acceptors (Lipinski definition) is 4. The van der Waals surface area contributed by atoms with Gasteiger partial charge in [-0.25, -0.2) is 9.97 Å². The average Bonchev–Trinajstić information content (AvgIpc) is 2.74. The van der Waals surface area contributed by atoms with Gasteiger partial charge >= 0.3 is 0 Å². The minimum absolute atomic E-state index is 0.130. The topological polar surface area (TPSA) is 75.2 Å². The van der Waals surface area contributed by atoms with Gasteiger partial charge in [0.2, 0.25) is 0 Å². The average molecular weight is 390 g/mol. The molecule has 150 valence electrons. The fourth-order valence-electron chi connectivity index (χ4n) is 3.58. The molecule has 1 aliphatic heterocycles. The van der Waals surface area contributed by atoms with Gasteiger partial charge in [-0.05, 0) is 44.6 Å². The first-order valence-electron chi connectivity index (χ1n) is 9.95. The lowest BCUT2D eigenvalue weighted by molar-refractivity contribution is -0.126. The number of hydrogen-bond donors (Lipinski definition) is 1. The van der Waals surface area contributed by atoms with E-state index in [0.717, 1.165) is 25.0 Å². The second kappa shape index (κ2) is 9.83. The van der Waals surface area contributed by atoms with E-state index in [9.17, 15) is 9.59 Å². The van der Waals surface area contributed by atoms with Crippen LogP contribution in [0.3, 0.4) is 0 Å². The maximum absolute atomic E-state index is 12.8. The third-order valence-corrected chi connectivity index (χ3v) is 5.13. The molecule has 2 aromatic rings. The second-order valence-electron chi connectivity index (χ2n) is 7.15. The molecule has 0 unspecified atom stereocenters. The number of carbonyl (C=O) groups is 2. The first-order valence-corrected chi connectivity index (χ1v) is 9.95. The van der Waals surface area contributed by atoms with Crippen LogP contribution in [0.4, 0.5) is 0 Å². The number of benzene rings is 1. The van der Waals surface area contributed by atoms with Gasteiger partial charge in [-0.1, -0.05) is 36.3 Å². The predicted molar refractivity (Wildman–Crippen MR) is 111 cm³/mol. The molecule has 1 saturated heterocycles. The molecule has 6 heteroatoms. The molecule has 1 aliphatic rings. The molecule has 1 N–H and O–H groups in total. The van der Waals surface area contributed by atoms with Crippen molar-refractivity contribution in [2.75, 3.05) is 19.6 Å². The van der Waals surface area contributed by atoms with Crippen molar-refractivity contribution in [2.45, 2.75) is 39.0 Å². The fourth-order valence-corrected chi connectivity index (χ4v) is 3.58. The zero-order chi connectivity index (χ0) is 20.6. The summed E-state index contributed by atoms with van der Waals surface area (Å²) in [7, 11) is 0. The van der Waals surface area contributed by atoms with E-state index in [-0.39, 0.29) is 17.7 Å². The van der Waals surface area contributed by atoms with E-state index in [1.54, 1.807) is 18.0 Å². The molecule has 0 saturated carbocycles. The van der Waals surface area contributed by atoms with Crippen LogP contribution >= 0.6 is 0 Å². The summed E-state index contributed by atoms with van der Waals surface area (Å²) in [6, 6.07) is 10.1. The molecule has 2 heterocycles. The quantitative estimate of drug-likeness (QED) is 0.796. The minimum Gasteiger partial charge on any atom is -0.352 e. The standard InChI is InChI=1S/C23H26N4O2/c1-3-7-21(28)27-14-11-19(12-15-27)22-20(16-25-17(2)26-22)23(29)24-13-10-18-8-5-4-6-9-18/h4-6,8-9,16,19H,10-15H2,1-2H3,(H,24,29). The number of rotatable bonds is 5. The Morgan fingerprint density at radius 3 is 2.62 bits per heavy atom. The third kappa shape index (κ3) is 5.41. The monoisotopic (exact) mass is 390 g/mol. The second-order valence-corrected chi connectivity index (χ2v) is 7.15. The van der Waals surface area contributed by atoms with E-state index < -0.39 is 0 Å². The van der Waals surface area contributed by atoms with Crippen molar-refractivity contribution in [2.24, 2.45) is 0 Å². The zero-order valence-corrected chi connectivity index (χ0v) is 16.9. The Morgan fingerprint density at radius 1 is 1.21 bits per heavy atom. The molecule has 1 aromatic carbocycles. The van der Waals surface area contributed by atoms with Crippen molar-refractivity contribution in [3.05, 3.63) is 59.2 Å². The molecule has 0 atom stereocenters. The Hall–Kier alpha value is -3.20. The minimum atomic E-state index is -0.147. The predicted octanol–water partition coefficient (Wildman–Crippen LogP) is 2.49. The highest BCUT2D eigenvalue weighted by Gasteiger charge is 2.27. The van der Waals surface area contributed by atoms with Gasteiger partial charge in [0.25, 0.3) is 11.8 Å². The number of carbonyl (C=O) groups excluding carboxylic acids is 2. The van der Waals surface area contributed by atoms with E-state index in [4.69, 9.17) is 0 Å². The summed E-state index contributed by atoms with van der Waals surface area (Å²) in [6.45, 7) is 5.29. The molecule has 3 rings (SSSR count). The van der Waals surface area contributed by atoms with E-state index in [0.29, 0.717) is 31.0 Å². The van der Waals surface area contributed by atoms with Gasteiger partial charge in [-0.15, -0.1) is 0 Å². The van der Waals surface area contributed by atoms with Gasteiger partial charge < -0.3 is 10.2 Å². The number of aromatic nitrogens is 2. The number of nitrogens with zero attached hydrogens (tertiary/aromatic N) is 3. The van der Waals surface area contributed by atoms with Crippen LogP contribution in [0.25, 0.3) is 0 Å². The van der Waals surface area contributed by atoms with Crippen LogP contribution in [0.15, 0.2) is 36.5 Å². The zero-order valence-electron chi connectivity index (χ0n) is 16.9. The van der Waals surface area contributed by atoms with Crippen molar-refractivity contribution >= 4 is 11.8 Å². The Labute approximate surface area is 171 Å². The number of likely N-dealkylation sites (tertiary alicyclic amines) is 1. The summed E-state index contributed by atoms with van der Waals surface area (Å²) >= 11 is 0. The van der Waals surface area contributed by atoms with Crippen LogP contribution in [0, 0.1) is 18.8 Å². The van der Waals surface area contributed by atoms with Crippen LogP contribution < -0.4 is 5.32 Å². The first-order chi connectivity index (χ1) is 14.1. The molecule has 29 heavy (non-hydrogen) atoms. The maximum Gasteiger partial charge on any atom is 0.298 e. The number of amides is 2. The Kier molecular flexibility index (Phi) is 6.96. The third-order valence-electron chi connectivity index (χ3n) is 5.13. The van der Waals surface area contributed by atoms with Crippen molar-refractivity contribution in [1.82, 2.24) is 20.2 Å². The first kappa shape index (κ1) is 20.5. The number of aryl methyl sites for hydroxylation is 1. The molecule has 2 amide bonds. The molecule has 0 radical (unpaired) electrons. The van der Waals surface area contributed by atoms with Crippen molar-refractivity contribution < 1.29 is 9.59 Å². The summed E-state index contributed by atoms with van der Waals surface area (Å²) in [4.78, 5) is 35.3. The largest absolute Gasteiger partial charge is 0.352 e. The Bertz CT molecular complexity index is 923. The number of nitrogens with one attached hydrogen (secondary N) is 1. The van der Waals surface area contributed by atoms with Crippen LogP contribution in [0.2, 0.25) is 0 Å². The lowest BCUT2D eigenvalue weighted by atomic mass is 9.90. The molecule has 0 bridgehead atoms. The van der Waals surface area contributed by atoms with Crippen LogP contribution in [-0.2, 0) is 11.2 Å². The molecule has 1 fully saturated rings. The Balaban J connectivity index is 1.65. The fraction of sp³-hybridized carbons (Fsp3) is 0.391. The molecule has 1 aromatic heterocycles. The van der Waals surface area contributed by atoms with E-state index in [1.807, 2.05) is 37.3 Å². The van der Waals surface area contributed by atoms with Gasteiger partial charge in [-0.3, -0.25) is 9.59 Å². The van der Waals surface area contributed by atoms with Gasteiger partial charge in [0.1, 0.15) is 5.82 Å². The van der Waals surface area contributed by atoms with Crippen molar-refractivity contribution in [3.8, 4) is 11.8 Å². The molecule has 0 spiro atoms. The molecular weight excluding hydrogens is 364 g/mol. The van der Waals surface area contributed by atoms with E-state index in [2.05, 4.69) is 27.1 Å². The van der Waals surface area contributed by atoms with E-state index in [1.165, 1.54) is 5.56 Å². The van der Waals surface area contributed by atoms with Crippen molar-refractivity contribution in [3.63, 3.8) is 0 Å². The normalized spacial score (nSPS) is 14.1. The van der Waals surface area contributed by atoms with Gasteiger partial charge in [-0.2, -0.15) is 0 Å². The summed E-state index contributed by atoms with van der Waals surface area (Å²) in [5.74, 6) is 5.74. The summed E-state index contributed by atoms with van der Waals surface area (Å²) in [6.07, 6.45) is 3.92. The Morgan fingerprint density at radius 2 is 1.93 bits per heavy atom. The van der Waals surface area contributed by atoms with Crippen LogP contribution in [0.1, 0.15) is 53.1 Å². The smallest absolute Gasteiger partial charge is 0.298 e. The molecular formula is C23H26N4O2. The maximum atomic E-state index is 12.8. The number of piperidine rings is 1. The highest BCUT2D eigenvalue weighted by atomic mass is 16.2. The van der Waals surface area contributed by atoms with Crippen molar-refractivity contribution in [1.29, 1.82) is 0 Å². The van der Waals surface area contributed by atoms with Crippen LogP contribution in [-0.4, -0.2) is 46.3 Å².